The Morgan fingerprint density at radius 2 is 0.547 bits per heavy atom. The van der Waals surface area contributed by atoms with E-state index in [0.717, 1.165) is 47.8 Å². The van der Waals surface area contributed by atoms with E-state index in [-0.39, 0.29) is 54.8 Å². The van der Waals surface area contributed by atoms with E-state index in [4.69, 9.17) is 35.5 Å². The normalized spacial score (nSPS) is 9.88. The number of nitrogens with zero attached hydrogens (tertiary/aromatic N) is 4. The molecule has 0 aromatic heterocycles. The fourth-order valence-corrected chi connectivity index (χ4v) is 8.20. The maximum atomic E-state index is 12.9. The fourth-order valence-electron chi connectivity index (χ4n) is 8.20. The molecule has 0 aliphatic heterocycles. The zero-order chi connectivity index (χ0) is 76.3. The quantitative estimate of drug-likeness (QED) is 0.0260. The maximum absolute atomic E-state index is 12.9. The number of hydrogen-bond donors (Lipinski definition) is 5. The molecule has 13 aromatic carbocycles. The predicted molar refractivity (Wildman–Crippen MR) is 392 cm³/mol. The van der Waals surface area contributed by atoms with E-state index in [9.17, 15) is 71.2 Å². The fraction of sp³-hybridized carbons (Fsp3) is 0. The Bertz CT molecular complexity index is 4870. The Hall–Kier alpha value is -14.8. The van der Waals surface area contributed by atoms with Crippen molar-refractivity contribution in [3.63, 3.8) is 0 Å². The summed E-state index contributed by atoms with van der Waals surface area (Å²) in [5.74, 6) is 1.84. The summed E-state index contributed by atoms with van der Waals surface area (Å²) >= 11 is 0. The molecule has 13 rings (SSSR count). The van der Waals surface area contributed by atoms with Crippen LogP contribution in [0.5, 0.6) is 51.7 Å². The number of nitrogens with one attached hydrogen (secondary N) is 2. The highest BCUT2D eigenvalue weighted by atomic mass is 19.2. The van der Waals surface area contributed by atoms with E-state index in [1.54, 1.807) is 91.0 Å². The highest BCUT2D eigenvalue weighted by molar-refractivity contribution is 5.73. The first-order chi connectivity index (χ1) is 50.9. The topological polar surface area (TPSA) is 306 Å². The lowest BCUT2D eigenvalue weighted by molar-refractivity contribution is -0.387. The molecule has 0 fully saturated rings. The smallest absolute Gasteiger partial charge is 0.304 e. The van der Waals surface area contributed by atoms with Crippen LogP contribution in [0.1, 0.15) is 2.85 Å². The lowest BCUT2D eigenvalue weighted by atomic mass is 10.2. The summed E-state index contributed by atoms with van der Waals surface area (Å²) in [6, 6.07) is 78.4. The largest absolute Gasteiger partial charge is 0.508 e. The zero-order valence-corrected chi connectivity index (χ0v) is 55.0. The monoisotopic (exact) mass is 1450 g/mol. The van der Waals surface area contributed by atoms with Crippen LogP contribution in [-0.2, 0) is 0 Å². The van der Waals surface area contributed by atoms with E-state index in [1.807, 2.05) is 48.5 Å². The summed E-state index contributed by atoms with van der Waals surface area (Å²) in [5.41, 5.74) is 15.1. The first kappa shape index (κ1) is 78.5. The van der Waals surface area contributed by atoms with E-state index >= 15 is 0 Å². The summed E-state index contributed by atoms with van der Waals surface area (Å²) in [6.45, 7) is 0. The second-order valence-electron chi connectivity index (χ2n) is 21.1. The van der Waals surface area contributed by atoms with Crippen LogP contribution in [0.15, 0.2) is 315 Å². The molecule has 0 heterocycles. The standard InChI is InChI=1S/C18H13FN2O3.C18H15FN2O.C12H8FNO3.C12H10FNO.2C6H4FNO2.C6H5FO.2H2/c19-13-5-9-15(10-6-13)24-16-11-7-14(8-12-16)20-17-3-1-2-4-18(17)21(22)23;19-13-5-9-15(10-6-13)22-16-11-7-14(8-12-16)21-18-4-2-1-3-17(18)20;13-9-1-5-11(6-2-9)17-12-7-3-10(4-8-12)14(15)16;13-9-1-5-11(6-2-9)15-12-7-3-10(14)4-8-12;7-5-1-3-6(4-2-5)8(9)10;7-5-3-1-2-4-6(5)8(9)10;7-5-1-3-6(8)4-2-5;;/h1-12,20H;1-12,21H,20H2;1-8H;1-8H,14H2;2*1-4H;1-4,8H;2*1H. The number of phenols is 1. The van der Waals surface area contributed by atoms with Crippen LogP contribution in [-0.4, -0.2) is 24.8 Å². The molecule has 0 saturated carbocycles. The number of non-ortho nitro benzene ring substituents is 2. The number of nitrogens with two attached hydrogens (primary N) is 2. The molecule has 0 saturated heterocycles. The van der Waals surface area contributed by atoms with Crippen molar-refractivity contribution in [1.82, 2.24) is 0 Å². The molecule has 0 spiro atoms. The predicted octanol–water partition coefficient (Wildman–Crippen LogP) is 22.4. The van der Waals surface area contributed by atoms with Crippen LogP contribution < -0.4 is 41.0 Å². The van der Waals surface area contributed by atoms with E-state index in [0.29, 0.717) is 68.7 Å². The second-order valence-corrected chi connectivity index (χ2v) is 21.1. The molecule has 21 nitrogen and oxygen atoms in total. The van der Waals surface area contributed by atoms with Crippen LogP contribution >= 0.6 is 0 Å². The highest BCUT2D eigenvalue weighted by Gasteiger charge is 2.14. The van der Waals surface area contributed by atoms with Crippen LogP contribution in [0.2, 0.25) is 0 Å². The Morgan fingerprint density at radius 3 is 0.858 bits per heavy atom. The average molecular weight is 1450 g/mol. The second kappa shape index (κ2) is 40.4. The maximum Gasteiger partial charge on any atom is 0.304 e. The third-order valence-corrected chi connectivity index (χ3v) is 13.4. The van der Waals surface area contributed by atoms with Crippen molar-refractivity contribution < 1.29 is 77.3 Å². The number of para-hydroxylation sites is 5. The number of phenolic OH excluding ortho intramolecular Hbond substituents is 1. The molecule has 106 heavy (non-hydrogen) atoms. The summed E-state index contributed by atoms with van der Waals surface area (Å²) in [5, 5.41) is 56.3. The van der Waals surface area contributed by atoms with Crippen molar-refractivity contribution >= 4 is 56.9 Å². The number of aromatic hydroxyl groups is 1. The van der Waals surface area contributed by atoms with Gasteiger partial charge in [-0.1, -0.05) is 36.4 Å². The minimum atomic E-state index is -0.799. The average Bonchev–Trinajstić information content (AvgIpc) is 0.855. The first-order valence-electron chi connectivity index (χ1n) is 30.8. The van der Waals surface area contributed by atoms with Gasteiger partial charge < -0.3 is 46.2 Å². The van der Waals surface area contributed by atoms with Gasteiger partial charge in [0.05, 0.1) is 31.1 Å². The third kappa shape index (κ3) is 27.7. The van der Waals surface area contributed by atoms with Gasteiger partial charge in [-0.2, -0.15) is 4.39 Å². The van der Waals surface area contributed by atoms with Crippen LogP contribution in [0, 0.1) is 81.2 Å². The van der Waals surface area contributed by atoms with Crippen LogP contribution in [0.4, 0.5) is 87.6 Å². The van der Waals surface area contributed by atoms with Crippen molar-refractivity contribution in [2.24, 2.45) is 0 Å². The first-order valence-corrected chi connectivity index (χ1v) is 30.8. The number of hydrogen-bond acceptors (Lipinski definition) is 17. The zero-order valence-electron chi connectivity index (χ0n) is 55.0. The molecule has 7 N–H and O–H groups in total. The number of ether oxygens (including phenoxy) is 4. The molecule has 28 heteroatoms. The number of anilines is 6. The molecule has 0 aliphatic carbocycles. The number of benzene rings is 13. The molecule has 13 aromatic rings. The minimum Gasteiger partial charge on any atom is -0.508 e. The van der Waals surface area contributed by atoms with Crippen molar-refractivity contribution in [3.05, 3.63) is 397 Å². The highest BCUT2D eigenvalue weighted by Crippen LogP contribution is 2.32. The van der Waals surface area contributed by atoms with Crippen LogP contribution in [0.3, 0.4) is 0 Å². The third-order valence-electron chi connectivity index (χ3n) is 13.4. The Morgan fingerprint density at radius 1 is 0.292 bits per heavy atom. The number of nitrogen functional groups attached to an aromatic ring is 2. The summed E-state index contributed by atoms with van der Waals surface area (Å²) in [7, 11) is 0. The van der Waals surface area contributed by atoms with Gasteiger partial charge in [-0.3, -0.25) is 40.5 Å². The van der Waals surface area contributed by atoms with Gasteiger partial charge in [0.25, 0.3) is 17.1 Å². The Labute approximate surface area is 602 Å². The van der Waals surface area contributed by atoms with Gasteiger partial charge in [-0.15, -0.1) is 0 Å². The summed E-state index contributed by atoms with van der Waals surface area (Å²) in [4.78, 5) is 39.2. The molecule has 0 amide bonds. The number of nitro groups is 4. The van der Waals surface area contributed by atoms with Crippen molar-refractivity contribution in [2.75, 3.05) is 22.1 Å². The van der Waals surface area contributed by atoms with Crippen LogP contribution in [0.25, 0.3) is 0 Å². The molecule has 0 radical (unpaired) electrons. The molecule has 542 valence electrons. The van der Waals surface area contributed by atoms with Gasteiger partial charge >= 0.3 is 5.69 Å². The number of halogens is 7. The lowest BCUT2D eigenvalue weighted by Gasteiger charge is -2.10. The van der Waals surface area contributed by atoms with E-state index < -0.39 is 37.0 Å². The van der Waals surface area contributed by atoms with E-state index in [1.165, 1.54) is 140 Å². The molecule has 0 aliphatic rings. The van der Waals surface area contributed by atoms with Crippen molar-refractivity contribution in [1.29, 1.82) is 0 Å². The molecular formula is C78H63F7N8O13. The van der Waals surface area contributed by atoms with Gasteiger partial charge in [0.1, 0.15) is 92.3 Å². The van der Waals surface area contributed by atoms with Crippen molar-refractivity contribution in [3.8, 4) is 51.7 Å². The Balaban J connectivity index is 0.000000232. The number of nitro benzene ring substituents is 4. The molecule has 0 atom stereocenters. The Kier molecular flexibility index (Phi) is 29.9. The number of rotatable bonds is 16. The SMILES string of the molecule is Nc1ccc(Oc2ccc(F)cc2)cc1.Nc1ccccc1Nc1ccc(Oc2ccc(F)cc2)cc1.O=[N+]([O-])c1ccc(F)cc1.O=[N+]([O-])c1ccc(Oc2ccc(F)cc2)cc1.O=[N+]([O-])c1ccccc1F.O=[N+]([O-])c1ccccc1Nc1ccc(Oc2ccc(F)cc2)cc1.Oc1ccc(F)cc1.[HH].[HH]. The lowest BCUT2D eigenvalue weighted by Crippen LogP contribution is -1.96. The molecule has 0 unspecified atom stereocenters. The minimum absolute atomic E-state index is 0. The van der Waals surface area contributed by atoms with E-state index in [2.05, 4.69) is 10.6 Å². The van der Waals surface area contributed by atoms with Crippen molar-refractivity contribution in [2.45, 2.75) is 0 Å². The summed E-state index contributed by atoms with van der Waals surface area (Å²) < 4.78 is 110. The van der Waals surface area contributed by atoms with Gasteiger partial charge in [0.2, 0.25) is 5.82 Å². The summed E-state index contributed by atoms with van der Waals surface area (Å²) in [6.07, 6.45) is 0. The van der Waals surface area contributed by atoms with Gasteiger partial charge in [-0.25, -0.2) is 26.3 Å². The molecular weight excluding hydrogens is 1390 g/mol. The van der Waals surface area contributed by atoms with Gasteiger partial charge in [0, 0.05) is 56.3 Å². The van der Waals surface area contributed by atoms with Gasteiger partial charge in [0.15, 0.2) is 0 Å². The van der Waals surface area contributed by atoms with Gasteiger partial charge in [-0.05, 0) is 243 Å². The molecule has 0 bridgehead atoms.